The Morgan fingerprint density at radius 2 is 1.75 bits per heavy atom. The fourth-order valence-corrected chi connectivity index (χ4v) is 2.10. The van der Waals surface area contributed by atoms with Gasteiger partial charge >= 0.3 is 0 Å². The largest absolute Gasteiger partial charge is 0.480 e. The zero-order chi connectivity index (χ0) is 15.3. The highest BCUT2D eigenvalue weighted by molar-refractivity contribution is 5.79. The summed E-state index contributed by atoms with van der Waals surface area (Å²) in [6.45, 7) is 12.6. The number of hydrogen-bond acceptors (Lipinski definition) is 3. The van der Waals surface area contributed by atoms with E-state index >= 15 is 0 Å². The number of hydrogen-bond donors (Lipinski definition) is 0. The van der Waals surface area contributed by atoms with Gasteiger partial charge in [-0.05, 0) is 23.5 Å². The molecule has 0 radical (unpaired) electrons. The first-order valence-corrected chi connectivity index (χ1v) is 7.31. The second kappa shape index (κ2) is 6.69. The van der Waals surface area contributed by atoms with Crippen LogP contribution in [-0.4, -0.2) is 17.1 Å². The van der Waals surface area contributed by atoms with Gasteiger partial charge in [0.1, 0.15) is 5.69 Å². The zero-order valence-corrected chi connectivity index (χ0v) is 13.7. The van der Waals surface area contributed by atoms with Gasteiger partial charge in [-0.15, -0.1) is 0 Å². The summed E-state index contributed by atoms with van der Waals surface area (Å²) in [6.07, 6.45) is 0.825. The third kappa shape index (κ3) is 3.27. The first kappa shape index (κ1) is 16.4. The van der Waals surface area contributed by atoms with Gasteiger partial charge in [0.2, 0.25) is 5.88 Å². The van der Waals surface area contributed by atoms with E-state index in [4.69, 9.17) is 4.74 Å². The molecule has 0 aliphatic carbocycles. The van der Waals surface area contributed by atoms with Crippen LogP contribution in [0.25, 0.3) is 11.0 Å². The average Bonchev–Trinajstić information content (AvgIpc) is 2.46. The van der Waals surface area contributed by atoms with E-state index in [0.717, 1.165) is 23.1 Å². The lowest BCUT2D eigenvalue weighted by Crippen LogP contribution is -2.13. The number of benzene rings is 1. The first-order valence-electron chi connectivity index (χ1n) is 7.31. The molecule has 0 amide bonds. The van der Waals surface area contributed by atoms with Gasteiger partial charge in [-0.2, -0.15) is 0 Å². The Balaban J connectivity index is 0.000000956. The maximum Gasteiger partial charge on any atom is 0.235 e. The van der Waals surface area contributed by atoms with Crippen molar-refractivity contribution in [1.29, 1.82) is 0 Å². The Labute approximate surface area is 122 Å². The smallest absolute Gasteiger partial charge is 0.235 e. The van der Waals surface area contributed by atoms with Crippen molar-refractivity contribution in [3.63, 3.8) is 0 Å². The molecular weight excluding hydrogens is 248 g/mol. The Morgan fingerprint density at radius 1 is 1.10 bits per heavy atom. The van der Waals surface area contributed by atoms with Gasteiger partial charge in [0, 0.05) is 0 Å². The molecule has 2 rings (SSSR count). The summed E-state index contributed by atoms with van der Waals surface area (Å²) < 4.78 is 5.34. The molecule has 1 aromatic carbocycles. The zero-order valence-electron chi connectivity index (χ0n) is 13.7. The average molecular weight is 274 g/mol. The molecule has 1 heterocycles. The van der Waals surface area contributed by atoms with E-state index in [9.17, 15) is 0 Å². The number of para-hydroxylation sites is 1. The Kier molecular flexibility index (Phi) is 5.49. The molecule has 0 atom stereocenters. The molecule has 0 unspecified atom stereocenters. The Bertz CT molecular complexity index is 571. The monoisotopic (exact) mass is 274 g/mol. The van der Waals surface area contributed by atoms with E-state index in [0.29, 0.717) is 5.88 Å². The molecule has 110 valence electrons. The summed E-state index contributed by atoms with van der Waals surface area (Å²) in [5, 5.41) is 0. The number of aromatic nitrogens is 2. The second-order valence-corrected chi connectivity index (χ2v) is 5.46. The molecule has 1 aromatic heterocycles. The summed E-state index contributed by atoms with van der Waals surface area (Å²) in [4.78, 5) is 9.30. The molecule has 0 fully saturated rings. The van der Waals surface area contributed by atoms with Gasteiger partial charge in [0.05, 0.1) is 18.1 Å². The van der Waals surface area contributed by atoms with Crippen molar-refractivity contribution in [1.82, 2.24) is 9.97 Å². The number of fused-ring (bicyclic) bond motifs is 1. The lowest BCUT2D eigenvalue weighted by molar-refractivity contribution is 0.392. The molecule has 0 spiro atoms. The summed E-state index contributed by atoms with van der Waals surface area (Å²) in [6, 6.07) is 6.17. The molecule has 0 bridgehead atoms. The van der Waals surface area contributed by atoms with Crippen LogP contribution in [0.4, 0.5) is 0 Å². The number of methoxy groups -OCH3 is 1. The third-order valence-electron chi connectivity index (χ3n) is 3.07. The molecular formula is C17H26N2O. The summed E-state index contributed by atoms with van der Waals surface area (Å²) in [5.74, 6) is 0.640. The van der Waals surface area contributed by atoms with Crippen LogP contribution in [0.1, 0.15) is 52.8 Å². The van der Waals surface area contributed by atoms with Crippen LogP contribution in [-0.2, 0) is 11.8 Å². The van der Waals surface area contributed by atoms with E-state index in [1.54, 1.807) is 7.11 Å². The van der Waals surface area contributed by atoms with Crippen molar-refractivity contribution in [2.24, 2.45) is 0 Å². The van der Waals surface area contributed by atoms with Crippen molar-refractivity contribution in [2.75, 3.05) is 7.11 Å². The Morgan fingerprint density at radius 3 is 2.25 bits per heavy atom. The maximum atomic E-state index is 5.34. The Hall–Kier alpha value is -1.64. The maximum absolute atomic E-state index is 5.34. The SMILES string of the molecule is CC.CCc1nc2cccc(C(C)(C)C)c2nc1OC. The summed E-state index contributed by atoms with van der Waals surface area (Å²) in [7, 11) is 1.65. The van der Waals surface area contributed by atoms with E-state index in [-0.39, 0.29) is 5.41 Å². The minimum Gasteiger partial charge on any atom is -0.480 e. The van der Waals surface area contributed by atoms with Gasteiger partial charge in [-0.1, -0.05) is 53.7 Å². The van der Waals surface area contributed by atoms with Crippen LogP contribution >= 0.6 is 0 Å². The molecule has 3 nitrogen and oxygen atoms in total. The number of ether oxygens (including phenoxy) is 1. The van der Waals surface area contributed by atoms with Crippen molar-refractivity contribution >= 4 is 11.0 Å². The number of rotatable bonds is 2. The third-order valence-corrected chi connectivity index (χ3v) is 3.07. The van der Waals surface area contributed by atoms with Crippen LogP contribution in [0.2, 0.25) is 0 Å². The summed E-state index contributed by atoms with van der Waals surface area (Å²) in [5.41, 5.74) is 4.05. The fourth-order valence-electron chi connectivity index (χ4n) is 2.10. The standard InChI is InChI=1S/C15H20N2O.C2H6/c1-6-11-14(18-5)17-13-10(15(2,3)4)8-7-9-12(13)16-11;1-2/h7-9H,6H2,1-5H3;1-2H3. The number of nitrogens with zero attached hydrogens (tertiary/aromatic N) is 2. The lowest BCUT2D eigenvalue weighted by Gasteiger charge is -2.20. The predicted molar refractivity (Wildman–Crippen MR) is 85.5 cm³/mol. The highest BCUT2D eigenvalue weighted by Gasteiger charge is 2.19. The van der Waals surface area contributed by atoms with Gasteiger partial charge in [-0.25, -0.2) is 9.97 Å². The molecule has 2 aromatic rings. The van der Waals surface area contributed by atoms with Gasteiger partial charge in [0.25, 0.3) is 0 Å². The quantitative estimate of drug-likeness (QED) is 0.807. The molecule has 20 heavy (non-hydrogen) atoms. The van der Waals surface area contributed by atoms with E-state index in [1.165, 1.54) is 5.56 Å². The summed E-state index contributed by atoms with van der Waals surface area (Å²) >= 11 is 0. The first-order chi connectivity index (χ1) is 9.47. The van der Waals surface area contributed by atoms with Crippen LogP contribution in [0.15, 0.2) is 18.2 Å². The van der Waals surface area contributed by atoms with Gasteiger partial charge < -0.3 is 4.74 Å². The number of aryl methyl sites for hydroxylation is 1. The second-order valence-electron chi connectivity index (χ2n) is 5.46. The van der Waals surface area contributed by atoms with Crippen molar-refractivity contribution in [2.45, 2.75) is 53.4 Å². The van der Waals surface area contributed by atoms with Crippen LogP contribution < -0.4 is 4.74 Å². The van der Waals surface area contributed by atoms with Crippen LogP contribution in [0, 0.1) is 0 Å². The van der Waals surface area contributed by atoms with Crippen molar-refractivity contribution in [3.05, 3.63) is 29.5 Å². The molecule has 0 N–H and O–H groups in total. The van der Waals surface area contributed by atoms with Crippen LogP contribution in [0.3, 0.4) is 0 Å². The van der Waals surface area contributed by atoms with E-state index in [2.05, 4.69) is 43.7 Å². The van der Waals surface area contributed by atoms with E-state index < -0.39 is 0 Å². The molecule has 0 aliphatic rings. The minimum absolute atomic E-state index is 0.0485. The normalized spacial score (nSPS) is 10.9. The predicted octanol–water partition coefficient (Wildman–Crippen LogP) is 4.52. The highest BCUT2D eigenvalue weighted by atomic mass is 16.5. The van der Waals surface area contributed by atoms with Crippen molar-refractivity contribution in [3.8, 4) is 5.88 Å². The van der Waals surface area contributed by atoms with Gasteiger partial charge in [-0.3, -0.25) is 0 Å². The molecule has 0 saturated heterocycles. The van der Waals surface area contributed by atoms with Gasteiger partial charge in [0.15, 0.2) is 0 Å². The van der Waals surface area contributed by atoms with E-state index in [1.807, 2.05) is 26.0 Å². The molecule has 3 heteroatoms. The lowest BCUT2D eigenvalue weighted by atomic mass is 9.86. The van der Waals surface area contributed by atoms with Crippen molar-refractivity contribution < 1.29 is 4.74 Å². The molecule has 0 aliphatic heterocycles. The van der Waals surface area contributed by atoms with Crippen LogP contribution in [0.5, 0.6) is 5.88 Å². The molecule has 0 saturated carbocycles. The highest BCUT2D eigenvalue weighted by Crippen LogP contribution is 2.30. The minimum atomic E-state index is 0.0485. The topological polar surface area (TPSA) is 35.0 Å². The fraction of sp³-hybridized carbons (Fsp3) is 0.529.